The van der Waals surface area contributed by atoms with Crippen molar-refractivity contribution in [3.8, 4) is 0 Å². The van der Waals surface area contributed by atoms with Crippen molar-refractivity contribution >= 4 is 17.9 Å². The van der Waals surface area contributed by atoms with E-state index in [0.29, 0.717) is 11.1 Å². The highest BCUT2D eigenvalue weighted by atomic mass is 16.7. The fourth-order valence-corrected chi connectivity index (χ4v) is 9.79. The second-order valence-corrected chi connectivity index (χ2v) is 14.4. The lowest BCUT2D eigenvalue weighted by molar-refractivity contribution is -0.330. The van der Waals surface area contributed by atoms with Gasteiger partial charge in [-0.05, 0) is 33.1 Å². The van der Waals surface area contributed by atoms with Crippen molar-refractivity contribution in [1.29, 1.82) is 0 Å². The van der Waals surface area contributed by atoms with Crippen LogP contribution in [0.3, 0.4) is 0 Å². The van der Waals surface area contributed by atoms with Crippen molar-refractivity contribution in [1.82, 2.24) is 0 Å². The molecule has 5 fully saturated rings. The number of ether oxygens (including phenoxy) is 6. The van der Waals surface area contributed by atoms with Crippen LogP contribution in [-0.4, -0.2) is 147 Å². The van der Waals surface area contributed by atoms with Crippen molar-refractivity contribution < 1.29 is 78.6 Å². The number of carbonyl (C=O) groups is 3. The first-order valence-corrected chi connectivity index (χ1v) is 16.0. The number of aliphatic hydroxyl groups is 7. The predicted molar refractivity (Wildman–Crippen MR) is 156 cm³/mol. The second kappa shape index (κ2) is 12.1. The van der Waals surface area contributed by atoms with Gasteiger partial charge in [-0.2, -0.15) is 0 Å². The number of esters is 3. The Morgan fingerprint density at radius 3 is 2.33 bits per heavy atom. The molecule has 3 saturated heterocycles. The van der Waals surface area contributed by atoms with Crippen molar-refractivity contribution in [2.45, 2.75) is 107 Å². The van der Waals surface area contributed by atoms with E-state index in [9.17, 15) is 50.1 Å². The highest BCUT2D eigenvalue weighted by molar-refractivity contribution is 5.89. The maximum Gasteiger partial charge on any atom is 0.348 e. The first-order chi connectivity index (χ1) is 22.5. The van der Waals surface area contributed by atoms with E-state index in [1.165, 1.54) is 0 Å². The van der Waals surface area contributed by atoms with Crippen molar-refractivity contribution in [3.63, 3.8) is 0 Å². The van der Waals surface area contributed by atoms with Gasteiger partial charge in [0.15, 0.2) is 6.29 Å². The molecule has 3 heterocycles. The molecule has 6 aliphatic rings. The van der Waals surface area contributed by atoms with Crippen LogP contribution in [0.5, 0.6) is 0 Å². The molecule has 16 nitrogen and oxygen atoms in total. The lowest BCUT2D eigenvalue weighted by Gasteiger charge is -2.68. The fourth-order valence-electron chi connectivity index (χ4n) is 9.79. The Bertz CT molecular complexity index is 1390. The average Bonchev–Trinajstić information content (AvgIpc) is 3.34. The number of hydrogen-bond acceptors (Lipinski definition) is 16. The second-order valence-electron chi connectivity index (χ2n) is 14.4. The van der Waals surface area contributed by atoms with Crippen molar-refractivity contribution in [3.05, 3.63) is 23.3 Å². The zero-order valence-electron chi connectivity index (χ0n) is 27.2. The Balaban J connectivity index is 1.46. The zero-order chi connectivity index (χ0) is 35.2. The highest BCUT2D eigenvalue weighted by Crippen LogP contribution is 2.73. The Labute approximate surface area is 275 Å². The number of hydrogen-bond donors (Lipinski definition) is 7. The molecule has 0 amide bonds. The number of rotatable bonds is 6. The molecule has 6 rings (SSSR count). The number of fused-ring (bicyclic) bond motifs is 2. The van der Waals surface area contributed by atoms with Gasteiger partial charge >= 0.3 is 17.9 Å². The van der Waals surface area contributed by atoms with Gasteiger partial charge < -0.3 is 64.2 Å². The summed E-state index contributed by atoms with van der Waals surface area (Å²) in [5.74, 6) is -6.18. The van der Waals surface area contributed by atoms with Gasteiger partial charge in [0.05, 0.1) is 38.4 Å². The van der Waals surface area contributed by atoms with Crippen LogP contribution in [0.2, 0.25) is 0 Å². The quantitative estimate of drug-likeness (QED) is 0.0647. The standard InChI is InChI=1S/C32H44O16/c1-11(2)6-17(34)48-22-24-31-10-44-32(24,29(42)43-5)26(40)21(38)23(31)30(4)13(8-16(31)47-27(22)41)12(3)7-14(25(30)39)45-28-20(37)19(36)18(35)15(9-33)46-28/h6-7,13-16,18-26,28,33,35-40H,8-10H2,1-5H3/t13-,14-,15+,16+,18+,19-,20+,21+,22+,23+,24+,25+,26-,28+,30-,31+,32-/m0/s1. The van der Waals surface area contributed by atoms with Crippen LogP contribution in [-0.2, 0) is 42.8 Å². The molecule has 7 N–H and O–H groups in total. The molecule has 2 saturated carbocycles. The molecular formula is C32H44O16. The summed E-state index contributed by atoms with van der Waals surface area (Å²) in [7, 11) is 1.05. The summed E-state index contributed by atoms with van der Waals surface area (Å²) in [6.45, 7) is 5.62. The molecule has 48 heavy (non-hydrogen) atoms. The van der Waals surface area contributed by atoms with Gasteiger partial charge in [0.25, 0.3) is 0 Å². The summed E-state index contributed by atoms with van der Waals surface area (Å²) >= 11 is 0. The summed E-state index contributed by atoms with van der Waals surface area (Å²) in [6, 6.07) is 0. The molecule has 0 aromatic rings. The van der Waals surface area contributed by atoms with E-state index in [4.69, 9.17) is 28.4 Å². The molecule has 2 bridgehead atoms. The van der Waals surface area contributed by atoms with E-state index in [1.54, 1.807) is 33.8 Å². The third-order valence-electron chi connectivity index (χ3n) is 11.8. The van der Waals surface area contributed by atoms with Crippen molar-refractivity contribution in [2.75, 3.05) is 20.3 Å². The van der Waals surface area contributed by atoms with Crippen LogP contribution in [0.25, 0.3) is 0 Å². The minimum atomic E-state index is -2.35. The lowest BCUT2D eigenvalue weighted by atomic mass is 9.37. The molecular weight excluding hydrogens is 640 g/mol. The number of allylic oxidation sites excluding steroid dienone is 2. The van der Waals surface area contributed by atoms with Crippen LogP contribution in [0.15, 0.2) is 23.3 Å². The topological polar surface area (TPSA) is 248 Å². The summed E-state index contributed by atoms with van der Waals surface area (Å²) in [5, 5.41) is 77.0. The van der Waals surface area contributed by atoms with E-state index in [2.05, 4.69) is 0 Å². The lowest BCUT2D eigenvalue weighted by Crippen LogP contribution is -2.80. The first-order valence-electron chi connectivity index (χ1n) is 16.0. The third kappa shape index (κ3) is 4.61. The third-order valence-corrected chi connectivity index (χ3v) is 11.8. The molecule has 17 atom stereocenters. The molecule has 3 aliphatic heterocycles. The summed E-state index contributed by atoms with van der Waals surface area (Å²) < 4.78 is 34.3. The summed E-state index contributed by atoms with van der Waals surface area (Å²) in [5.41, 5.74) is -4.10. The Hall–Kier alpha value is -2.51. The van der Waals surface area contributed by atoms with Gasteiger partial charge in [-0.1, -0.05) is 24.1 Å². The van der Waals surface area contributed by atoms with Crippen LogP contribution in [0.1, 0.15) is 34.1 Å². The van der Waals surface area contributed by atoms with Crippen LogP contribution < -0.4 is 0 Å². The zero-order valence-corrected chi connectivity index (χ0v) is 27.2. The van der Waals surface area contributed by atoms with E-state index in [-0.39, 0.29) is 13.0 Å². The molecule has 0 unspecified atom stereocenters. The van der Waals surface area contributed by atoms with E-state index in [1.807, 2.05) is 0 Å². The van der Waals surface area contributed by atoms with Gasteiger partial charge in [0.1, 0.15) is 42.7 Å². The number of carbonyl (C=O) groups excluding carboxylic acids is 3. The summed E-state index contributed by atoms with van der Waals surface area (Å²) in [4.78, 5) is 40.2. The van der Waals surface area contributed by atoms with Gasteiger partial charge in [-0.25, -0.2) is 14.4 Å². The first kappa shape index (κ1) is 35.3. The smallest absolute Gasteiger partial charge is 0.348 e. The maximum absolute atomic E-state index is 13.7. The summed E-state index contributed by atoms with van der Waals surface area (Å²) in [6.07, 6.45) is -14.6. The van der Waals surface area contributed by atoms with Gasteiger partial charge in [0, 0.05) is 22.8 Å². The average molecular weight is 685 g/mol. The SMILES string of the molecule is COC(=O)[C@@]12OC[C@]34[C@H]([C@@H](O)[C@@H]1O)[C@@]1(C)[C@H](O)[C@@H](O[C@@H]5O[C@H](CO)[C@@H](O)[C@H](O)[C@H]5O)C=C(C)[C@@H]1C[C@H]3OC(=O)[C@H](OC(=O)C=C(C)C)[C@@H]24. The molecule has 0 radical (unpaired) electrons. The monoisotopic (exact) mass is 684 g/mol. The molecule has 0 aromatic heterocycles. The number of methoxy groups -OCH3 is 1. The van der Waals surface area contributed by atoms with E-state index in [0.717, 1.165) is 13.2 Å². The van der Waals surface area contributed by atoms with E-state index >= 15 is 0 Å². The normalized spacial score (nSPS) is 50.7. The molecule has 16 heteroatoms. The Morgan fingerprint density at radius 2 is 1.71 bits per heavy atom. The maximum atomic E-state index is 13.7. The van der Waals surface area contributed by atoms with Gasteiger partial charge in [-0.3, -0.25) is 0 Å². The molecule has 1 spiro atoms. The molecule has 0 aromatic carbocycles. The van der Waals surface area contributed by atoms with Crippen LogP contribution in [0, 0.1) is 28.6 Å². The minimum Gasteiger partial charge on any atom is -0.467 e. The Kier molecular flexibility index (Phi) is 8.88. The van der Waals surface area contributed by atoms with Gasteiger partial charge in [0.2, 0.25) is 11.7 Å². The Morgan fingerprint density at radius 1 is 1.02 bits per heavy atom. The largest absolute Gasteiger partial charge is 0.467 e. The fraction of sp³-hybridized carbons (Fsp3) is 0.781. The minimum absolute atomic E-state index is 0.0828. The van der Waals surface area contributed by atoms with Crippen LogP contribution in [0.4, 0.5) is 0 Å². The molecule has 3 aliphatic carbocycles. The highest BCUT2D eigenvalue weighted by Gasteiger charge is 2.85. The van der Waals surface area contributed by atoms with Crippen LogP contribution >= 0.6 is 0 Å². The van der Waals surface area contributed by atoms with Gasteiger partial charge in [-0.15, -0.1) is 0 Å². The molecule has 268 valence electrons. The van der Waals surface area contributed by atoms with Crippen molar-refractivity contribution in [2.24, 2.45) is 28.6 Å². The predicted octanol–water partition coefficient (Wildman–Crippen LogP) is -2.78. The number of aliphatic hydroxyl groups excluding tert-OH is 7. The van der Waals surface area contributed by atoms with E-state index < -0.39 is 126 Å².